The molecule has 3 rings (SSSR count). The molecule has 2 aliphatic rings. The monoisotopic (exact) mass is 646 g/mol. The lowest BCUT2D eigenvalue weighted by atomic mass is 9.75. The summed E-state index contributed by atoms with van der Waals surface area (Å²) < 4.78 is 180. The highest BCUT2D eigenvalue weighted by Crippen LogP contribution is 2.62. The maximum Gasteiger partial charge on any atom is 0.460 e. The number of carbonyl (C=O) groups is 1. The molecule has 2 fully saturated rings. The van der Waals surface area contributed by atoms with Crippen LogP contribution in [-0.2, 0) is 4.79 Å². The standard InChI is InChI=1S/C28H31F13O2/c1-2-3-16-4-6-17(7-5-16)18-10-14-21(15-11-18)43-22(42)19-8-12-20(13-9-19)23(29,30)24(31,32)25(33,34)26(35,36)27(37,38)28(39,40)41/h10-11,14-17,19-20H,2-9,12-13H2,1H3. The van der Waals surface area contributed by atoms with Crippen LogP contribution in [0.3, 0.4) is 0 Å². The lowest BCUT2D eigenvalue weighted by Crippen LogP contribution is -2.71. The molecule has 0 saturated heterocycles. The maximum absolute atomic E-state index is 14.5. The first-order chi connectivity index (χ1) is 19.6. The van der Waals surface area contributed by atoms with E-state index in [2.05, 4.69) is 6.92 Å². The Morgan fingerprint density at radius 2 is 1.16 bits per heavy atom. The molecule has 15 heteroatoms. The van der Waals surface area contributed by atoms with Crippen LogP contribution in [0.2, 0.25) is 0 Å². The average Bonchev–Trinajstić information content (AvgIpc) is 2.93. The topological polar surface area (TPSA) is 26.3 Å². The molecule has 0 aliphatic heterocycles. The van der Waals surface area contributed by atoms with Gasteiger partial charge in [-0.25, -0.2) is 0 Å². The van der Waals surface area contributed by atoms with Crippen LogP contribution in [0.4, 0.5) is 57.1 Å². The van der Waals surface area contributed by atoms with Crippen LogP contribution in [0, 0.1) is 17.8 Å². The van der Waals surface area contributed by atoms with Gasteiger partial charge in [0, 0.05) is 5.92 Å². The van der Waals surface area contributed by atoms with Crippen molar-refractivity contribution in [1.82, 2.24) is 0 Å². The molecule has 0 N–H and O–H groups in total. The van der Waals surface area contributed by atoms with Crippen LogP contribution >= 0.6 is 0 Å². The highest BCUT2D eigenvalue weighted by molar-refractivity contribution is 5.75. The molecular weight excluding hydrogens is 615 g/mol. The second kappa shape index (κ2) is 12.3. The molecule has 0 radical (unpaired) electrons. The molecule has 0 amide bonds. The molecule has 43 heavy (non-hydrogen) atoms. The lowest BCUT2D eigenvalue weighted by Gasteiger charge is -2.43. The van der Waals surface area contributed by atoms with Crippen LogP contribution in [0.5, 0.6) is 5.75 Å². The summed E-state index contributed by atoms with van der Waals surface area (Å²) in [4.78, 5) is 12.5. The van der Waals surface area contributed by atoms with Crippen molar-refractivity contribution >= 4 is 5.97 Å². The number of rotatable bonds is 10. The Labute approximate surface area is 239 Å². The Hall–Kier alpha value is -2.22. The van der Waals surface area contributed by atoms with Crippen molar-refractivity contribution in [3.05, 3.63) is 29.8 Å². The molecule has 0 heterocycles. The zero-order chi connectivity index (χ0) is 32.6. The highest BCUT2D eigenvalue weighted by Gasteiger charge is 2.91. The number of halogens is 13. The predicted molar refractivity (Wildman–Crippen MR) is 128 cm³/mol. The van der Waals surface area contributed by atoms with Crippen molar-refractivity contribution < 1.29 is 66.6 Å². The summed E-state index contributed by atoms with van der Waals surface area (Å²) in [5.74, 6) is -40.8. The number of hydrogen-bond acceptors (Lipinski definition) is 2. The molecule has 1 aromatic carbocycles. The predicted octanol–water partition coefficient (Wildman–Crippen LogP) is 10.2. The molecule has 0 atom stereocenters. The van der Waals surface area contributed by atoms with Gasteiger partial charge in [-0.15, -0.1) is 0 Å². The number of ether oxygens (including phenoxy) is 1. The zero-order valence-corrected chi connectivity index (χ0v) is 22.9. The van der Waals surface area contributed by atoms with E-state index in [1.54, 1.807) is 12.1 Å². The first kappa shape index (κ1) is 35.3. The van der Waals surface area contributed by atoms with Gasteiger partial charge in [0.25, 0.3) is 0 Å². The molecule has 1 aromatic rings. The summed E-state index contributed by atoms with van der Waals surface area (Å²) in [6.07, 6.45) is -4.48. The normalized spacial score (nSPS) is 25.0. The first-order valence-electron chi connectivity index (χ1n) is 13.9. The Balaban J connectivity index is 1.61. The Kier molecular flexibility index (Phi) is 10.1. The van der Waals surface area contributed by atoms with E-state index in [1.165, 1.54) is 18.6 Å². The molecule has 0 bridgehead atoms. The van der Waals surface area contributed by atoms with Crippen molar-refractivity contribution in [2.45, 2.75) is 113 Å². The number of hydrogen-bond donors (Lipinski definition) is 0. The number of alkyl halides is 13. The number of carbonyl (C=O) groups excluding carboxylic acids is 1. The molecule has 0 aromatic heterocycles. The largest absolute Gasteiger partial charge is 0.460 e. The summed E-state index contributed by atoms with van der Waals surface area (Å²) in [7, 11) is 0. The molecular formula is C28H31F13O2. The fraction of sp³-hybridized carbons (Fsp3) is 0.750. The minimum atomic E-state index is -7.92. The third-order valence-electron chi connectivity index (χ3n) is 8.64. The van der Waals surface area contributed by atoms with E-state index < -0.39 is 79.3 Å². The molecule has 246 valence electrons. The SMILES string of the molecule is CCCC1CCC(c2ccc(OC(=O)C3CCC(C(F)(F)C(F)(F)C(F)(F)C(F)(F)C(F)(F)C(F)(F)F)CC3)cc2)CC1. The van der Waals surface area contributed by atoms with Crippen LogP contribution in [0.25, 0.3) is 0 Å². The number of benzene rings is 1. The smallest absolute Gasteiger partial charge is 0.426 e. The summed E-state index contributed by atoms with van der Waals surface area (Å²) in [6.45, 7) is 2.13. The van der Waals surface area contributed by atoms with Crippen molar-refractivity contribution in [1.29, 1.82) is 0 Å². The summed E-state index contributed by atoms with van der Waals surface area (Å²) >= 11 is 0. The van der Waals surface area contributed by atoms with Gasteiger partial charge in [0.05, 0.1) is 5.92 Å². The van der Waals surface area contributed by atoms with Crippen LogP contribution in [-0.4, -0.2) is 41.8 Å². The third kappa shape index (κ3) is 6.46. The van der Waals surface area contributed by atoms with E-state index in [4.69, 9.17) is 4.74 Å². The summed E-state index contributed by atoms with van der Waals surface area (Å²) in [6, 6.07) is 6.58. The van der Waals surface area contributed by atoms with Crippen molar-refractivity contribution in [3.8, 4) is 5.75 Å². The summed E-state index contributed by atoms with van der Waals surface area (Å²) in [5.41, 5.74) is 1.04. The second-order valence-electron chi connectivity index (χ2n) is 11.5. The fourth-order valence-corrected chi connectivity index (χ4v) is 5.93. The molecule has 2 saturated carbocycles. The number of esters is 1. The minimum Gasteiger partial charge on any atom is -0.426 e. The van der Waals surface area contributed by atoms with E-state index in [-0.39, 0.29) is 5.75 Å². The van der Waals surface area contributed by atoms with Crippen molar-refractivity contribution in [2.24, 2.45) is 17.8 Å². The van der Waals surface area contributed by atoms with E-state index in [0.29, 0.717) is 11.8 Å². The van der Waals surface area contributed by atoms with Gasteiger partial charge in [-0.1, -0.05) is 31.9 Å². The van der Waals surface area contributed by atoms with Crippen LogP contribution in [0.1, 0.15) is 82.6 Å². The molecule has 2 aliphatic carbocycles. The van der Waals surface area contributed by atoms with Crippen LogP contribution < -0.4 is 4.74 Å². The van der Waals surface area contributed by atoms with Gasteiger partial charge < -0.3 is 4.74 Å². The van der Waals surface area contributed by atoms with E-state index in [9.17, 15) is 61.9 Å². The Bertz CT molecular complexity index is 1080. The average molecular weight is 647 g/mol. The fourth-order valence-electron chi connectivity index (χ4n) is 5.93. The zero-order valence-electron chi connectivity index (χ0n) is 22.9. The lowest BCUT2D eigenvalue weighted by molar-refractivity contribution is -0.443. The third-order valence-corrected chi connectivity index (χ3v) is 8.64. The van der Waals surface area contributed by atoms with Gasteiger partial charge in [-0.05, 0) is 80.9 Å². The highest BCUT2D eigenvalue weighted by atomic mass is 19.4. The van der Waals surface area contributed by atoms with Gasteiger partial charge in [-0.3, -0.25) is 4.79 Å². The molecule has 0 spiro atoms. The maximum atomic E-state index is 14.5. The van der Waals surface area contributed by atoms with E-state index in [0.717, 1.165) is 37.7 Å². The van der Waals surface area contributed by atoms with Gasteiger partial charge in [0.1, 0.15) is 5.75 Å². The van der Waals surface area contributed by atoms with Gasteiger partial charge in [0.2, 0.25) is 0 Å². The van der Waals surface area contributed by atoms with Gasteiger partial charge >= 0.3 is 41.8 Å². The van der Waals surface area contributed by atoms with Crippen molar-refractivity contribution in [2.75, 3.05) is 0 Å². The minimum absolute atomic E-state index is 0.0971. The summed E-state index contributed by atoms with van der Waals surface area (Å²) in [5, 5.41) is 0. The molecule has 0 unspecified atom stereocenters. The van der Waals surface area contributed by atoms with E-state index >= 15 is 0 Å². The van der Waals surface area contributed by atoms with Crippen molar-refractivity contribution in [3.63, 3.8) is 0 Å². The first-order valence-corrected chi connectivity index (χ1v) is 13.9. The van der Waals surface area contributed by atoms with Gasteiger partial charge in [-0.2, -0.15) is 57.1 Å². The Morgan fingerprint density at radius 3 is 1.63 bits per heavy atom. The second-order valence-corrected chi connectivity index (χ2v) is 11.5. The van der Waals surface area contributed by atoms with E-state index in [1.807, 2.05) is 0 Å². The van der Waals surface area contributed by atoms with Crippen LogP contribution in [0.15, 0.2) is 24.3 Å². The Morgan fingerprint density at radius 1 is 0.674 bits per heavy atom. The van der Waals surface area contributed by atoms with Gasteiger partial charge in [0.15, 0.2) is 0 Å². The molecule has 2 nitrogen and oxygen atoms in total. The quantitative estimate of drug-likeness (QED) is 0.144.